The summed E-state index contributed by atoms with van der Waals surface area (Å²) in [5.41, 5.74) is 0.760. The van der Waals surface area contributed by atoms with Crippen LogP contribution in [0.25, 0.3) is 10.1 Å². The largest absolute Gasteiger partial charge is 0.205 e. The fourth-order valence-electron chi connectivity index (χ4n) is 1.20. The number of thiophene rings is 1. The molecule has 0 nitrogen and oxygen atoms in total. The lowest BCUT2D eigenvalue weighted by atomic mass is 10.2. The molecule has 0 amide bonds. The van der Waals surface area contributed by atoms with Crippen LogP contribution in [0.15, 0.2) is 17.5 Å². The van der Waals surface area contributed by atoms with Gasteiger partial charge in [0.1, 0.15) is 5.82 Å². The third-order valence-corrected chi connectivity index (χ3v) is 4.31. The van der Waals surface area contributed by atoms with Gasteiger partial charge in [-0.3, -0.25) is 0 Å². The van der Waals surface area contributed by atoms with Crippen LogP contribution in [0.5, 0.6) is 0 Å². The van der Waals surface area contributed by atoms with Crippen LogP contribution in [0.3, 0.4) is 0 Å². The number of halogens is 3. The third kappa shape index (κ3) is 1.64. The molecule has 1 heterocycles. The molecule has 2 rings (SSSR count). The first-order valence-electron chi connectivity index (χ1n) is 3.64. The molecular weight excluding hydrogens is 366 g/mol. The van der Waals surface area contributed by atoms with Gasteiger partial charge in [-0.2, -0.15) is 0 Å². The standard InChI is InChI=1S/C9H5BrFIS/c10-4-6-7(12)3-5-1-2-13-9(5)8(6)11/h1-3H,4H2. The Balaban J connectivity index is 2.85. The maximum atomic E-state index is 13.7. The Morgan fingerprint density at radius 1 is 1.54 bits per heavy atom. The number of rotatable bonds is 1. The normalized spacial score (nSPS) is 11.0. The van der Waals surface area contributed by atoms with Gasteiger partial charge >= 0.3 is 0 Å². The van der Waals surface area contributed by atoms with Crippen LogP contribution in [0.2, 0.25) is 0 Å². The Hall–Kier alpha value is 0.320. The second kappa shape index (κ2) is 3.82. The first-order chi connectivity index (χ1) is 6.24. The van der Waals surface area contributed by atoms with E-state index in [4.69, 9.17) is 0 Å². The van der Waals surface area contributed by atoms with Gasteiger partial charge in [0.2, 0.25) is 0 Å². The van der Waals surface area contributed by atoms with E-state index in [-0.39, 0.29) is 5.82 Å². The zero-order chi connectivity index (χ0) is 9.42. The molecule has 68 valence electrons. The van der Waals surface area contributed by atoms with Gasteiger partial charge < -0.3 is 0 Å². The van der Waals surface area contributed by atoms with Crippen LogP contribution in [0, 0.1) is 9.39 Å². The summed E-state index contributed by atoms with van der Waals surface area (Å²) in [5, 5.41) is 3.49. The van der Waals surface area contributed by atoms with Gasteiger partial charge in [0.05, 0.1) is 4.70 Å². The zero-order valence-electron chi connectivity index (χ0n) is 6.48. The minimum absolute atomic E-state index is 0.0752. The quantitative estimate of drug-likeness (QED) is 0.510. The second-order valence-corrected chi connectivity index (χ2v) is 5.26. The Kier molecular flexibility index (Phi) is 2.90. The monoisotopic (exact) mass is 370 g/mol. The summed E-state index contributed by atoms with van der Waals surface area (Å²) in [5.74, 6) is -0.0752. The Labute approximate surface area is 101 Å². The van der Waals surface area contributed by atoms with Crippen LogP contribution in [0.1, 0.15) is 5.56 Å². The first kappa shape index (κ1) is 9.86. The lowest BCUT2D eigenvalue weighted by Gasteiger charge is -2.03. The van der Waals surface area contributed by atoms with Crippen LogP contribution < -0.4 is 0 Å². The zero-order valence-corrected chi connectivity index (χ0v) is 11.0. The van der Waals surface area contributed by atoms with Crippen molar-refractivity contribution in [1.82, 2.24) is 0 Å². The molecule has 2 aromatic rings. The van der Waals surface area contributed by atoms with Crippen molar-refractivity contribution in [2.75, 3.05) is 0 Å². The molecule has 0 aliphatic carbocycles. The maximum Gasteiger partial charge on any atom is 0.146 e. The van der Waals surface area contributed by atoms with Crippen molar-refractivity contribution in [3.05, 3.63) is 32.5 Å². The van der Waals surface area contributed by atoms with E-state index in [1.807, 2.05) is 17.5 Å². The van der Waals surface area contributed by atoms with Crippen molar-refractivity contribution in [3.8, 4) is 0 Å². The van der Waals surface area contributed by atoms with E-state index in [1.165, 1.54) is 11.3 Å². The molecule has 0 radical (unpaired) electrons. The summed E-state index contributed by atoms with van der Waals surface area (Å²) in [4.78, 5) is 0. The fourth-order valence-corrected chi connectivity index (χ4v) is 3.87. The predicted octanol–water partition coefficient (Wildman–Crippen LogP) is 4.54. The number of hydrogen-bond donors (Lipinski definition) is 0. The first-order valence-corrected chi connectivity index (χ1v) is 6.72. The maximum absolute atomic E-state index is 13.7. The number of alkyl halides is 1. The molecule has 1 aromatic carbocycles. The minimum Gasteiger partial charge on any atom is -0.205 e. The lowest BCUT2D eigenvalue weighted by Crippen LogP contribution is -1.90. The summed E-state index contributed by atoms with van der Waals surface area (Å²) in [6.07, 6.45) is 0. The molecule has 0 aliphatic rings. The Morgan fingerprint density at radius 3 is 3.00 bits per heavy atom. The van der Waals surface area contributed by atoms with Crippen molar-refractivity contribution in [2.24, 2.45) is 0 Å². The van der Waals surface area contributed by atoms with E-state index in [1.54, 1.807) is 0 Å². The number of fused-ring (bicyclic) bond motifs is 1. The molecule has 0 spiro atoms. The Bertz CT molecular complexity index is 452. The van der Waals surface area contributed by atoms with Gasteiger partial charge in [-0.1, -0.05) is 15.9 Å². The molecule has 0 bridgehead atoms. The fraction of sp³-hybridized carbons (Fsp3) is 0.111. The van der Waals surface area contributed by atoms with Gasteiger partial charge in [0.25, 0.3) is 0 Å². The Morgan fingerprint density at radius 2 is 2.31 bits per heavy atom. The van der Waals surface area contributed by atoms with E-state index in [0.717, 1.165) is 19.2 Å². The highest BCUT2D eigenvalue weighted by Crippen LogP contribution is 2.30. The predicted molar refractivity (Wildman–Crippen MR) is 67.1 cm³/mol. The van der Waals surface area contributed by atoms with E-state index in [0.29, 0.717) is 5.33 Å². The molecule has 1 aromatic heterocycles. The van der Waals surface area contributed by atoms with Gasteiger partial charge in [-0.05, 0) is 45.5 Å². The number of benzene rings is 1. The summed E-state index contributed by atoms with van der Waals surface area (Å²) in [6, 6.07) is 3.97. The van der Waals surface area contributed by atoms with Crippen molar-refractivity contribution < 1.29 is 4.39 Å². The third-order valence-electron chi connectivity index (χ3n) is 1.86. The second-order valence-electron chi connectivity index (χ2n) is 2.62. The van der Waals surface area contributed by atoms with Gasteiger partial charge in [-0.25, -0.2) is 4.39 Å². The van der Waals surface area contributed by atoms with Crippen LogP contribution in [-0.4, -0.2) is 0 Å². The highest BCUT2D eigenvalue weighted by molar-refractivity contribution is 14.1. The topological polar surface area (TPSA) is 0 Å². The average Bonchev–Trinajstić information content (AvgIpc) is 2.53. The SMILES string of the molecule is Fc1c(CBr)c(I)cc2ccsc12. The van der Waals surface area contributed by atoms with Gasteiger partial charge in [0, 0.05) is 14.5 Å². The molecule has 13 heavy (non-hydrogen) atoms. The van der Waals surface area contributed by atoms with E-state index in [9.17, 15) is 4.39 Å². The van der Waals surface area contributed by atoms with Crippen molar-refractivity contribution in [1.29, 1.82) is 0 Å². The summed E-state index contributed by atoms with van der Waals surface area (Å²) in [6.45, 7) is 0. The highest BCUT2D eigenvalue weighted by atomic mass is 127. The van der Waals surface area contributed by atoms with Crippen LogP contribution in [0.4, 0.5) is 4.39 Å². The van der Waals surface area contributed by atoms with E-state index < -0.39 is 0 Å². The minimum atomic E-state index is -0.0752. The van der Waals surface area contributed by atoms with E-state index in [2.05, 4.69) is 38.5 Å². The van der Waals surface area contributed by atoms with Crippen molar-refractivity contribution in [3.63, 3.8) is 0 Å². The van der Waals surface area contributed by atoms with Crippen molar-refractivity contribution in [2.45, 2.75) is 5.33 Å². The molecular formula is C9H5BrFIS. The van der Waals surface area contributed by atoms with Gasteiger partial charge in [0.15, 0.2) is 0 Å². The summed E-state index contributed by atoms with van der Waals surface area (Å²) < 4.78 is 15.5. The summed E-state index contributed by atoms with van der Waals surface area (Å²) in [7, 11) is 0. The summed E-state index contributed by atoms with van der Waals surface area (Å²) >= 11 is 6.91. The molecule has 0 fully saturated rings. The molecule has 0 N–H and O–H groups in total. The molecule has 0 atom stereocenters. The van der Waals surface area contributed by atoms with E-state index >= 15 is 0 Å². The molecule has 4 heteroatoms. The smallest absolute Gasteiger partial charge is 0.146 e. The molecule has 0 saturated carbocycles. The van der Waals surface area contributed by atoms with Crippen LogP contribution >= 0.6 is 49.9 Å². The average molecular weight is 371 g/mol. The molecule has 0 saturated heterocycles. The lowest BCUT2D eigenvalue weighted by molar-refractivity contribution is 0.630. The van der Waals surface area contributed by atoms with Crippen molar-refractivity contribution >= 4 is 59.9 Å². The van der Waals surface area contributed by atoms with Gasteiger partial charge in [-0.15, -0.1) is 11.3 Å². The molecule has 0 aliphatic heterocycles. The number of hydrogen-bond acceptors (Lipinski definition) is 1. The van der Waals surface area contributed by atoms with Crippen LogP contribution in [-0.2, 0) is 5.33 Å². The highest BCUT2D eigenvalue weighted by Gasteiger charge is 2.11. The molecule has 0 unspecified atom stereocenters.